The number of pyridine rings is 1. The summed E-state index contributed by atoms with van der Waals surface area (Å²) in [5.41, 5.74) is 11.3. The monoisotopic (exact) mass is 499 g/mol. The zero-order valence-corrected chi connectivity index (χ0v) is 20.3. The van der Waals surface area contributed by atoms with Gasteiger partial charge in [0.1, 0.15) is 12.4 Å². The molecule has 2 N–H and O–H groups in total. The number of aromatic nitrogens is 3. The van der Waals surface area contributed by atoms with E-state index in [9.17, 15) is 12.8 Å². The maximum absolute atomic E-state index is 14.2. The van der Waals surface area contributed by atoms with Crippen molar-refractivity contribution in [3.8, 4) is 11.1 Å². The van der Waals surface area contributed by atoms with Crippen molar-refractivity contribution in [1.29, 1.82) is 0 Å². The number of nitrogen functional groups attached to an aromatic ring is 1. The number of anilines is 1. The summed E-state index contributed by atoms with van der Waals surface area (Å²) < 4.78 is 41.1. The smallest absolute Gasteiger partial charge is 0.264 e. The van der Waals surface area contributed by atoms with Crippen molar-refractivity contribution in [2.75, 3.05) is 25.2 Å². The summed E-state index contributed by atoms with van der Waals surface area (Å²) in [6, 6.07) is 8.44. The van der Waals surface area contributed by atoms with Crippen LogP contribution in [0.4, 0.5) is 10.3 Å². The fourth-order valence-corrected chi connectivity index (χ4v) is 4.66. The number of halogens is 1. The van der Waals surface area contributed by atoms with Gasteiger partial charge in [0.15, 0.2) is 0 Å². The summed E-state index contributed by atoms with van der Waals surface area (Å²) in [6.45, 7) is 2.02. The molecule has 9 nitrogen and oxygen atoms in total. The van der Waals surface area contributed by atoms with Crippen LogP contribution >= 0.6 is 0 Å². The van der Waals surface area contributed by atoms with Gasteiger partial charge in [-0.1, -0.05) is 17.3 Å². The van der Waals surface area contributed by atoms with Crippen molar-refractivity contribution in [1.82, 2.24) is 15.0 Å². The quantitative estimate of drug-likeness (QED) is 0.284. The van der Waals surface area contributed by atoms with Gasteiger partial charge in [-0.05, 0) is 48.6 Å². The van der Waals surface area contributed by atoms with Crippen LogP contribution in [0.1, 0.15) is 41.3 Å². The highest BCUT2D eigenvalue weighted by Gasteiger charge is 2.30. The number of nitrogens with zero attached hydrogens (tertiary/aromatic N) is 4. The Balaban J connectivity index is 1.64. The molecule has 0 radical (unpaired) electrons. The summed E-state index contributed by atoms with van der Waals surface area (Å²) in [5, 5.41) is 4.35. The number of benzene rings is 1. The number of hydrogen-bond donors (Lipinski definition) is 1. The van der Waals surface area contributed by atoms with Crippen LogP contribution in [0.3, 0.4) is 0 Å². The maximum atomic E-state index is 14.2. The van der Waals surface area contributed by atoms with E-state index in [4.69, 9.17) is 14.8 Å². The van der Waals surface area contributed by atoms with E-state index >= 15 is 0 Å². The van der Waals surface area contributed by atoms with Crippen LogP contribution in [0.2, 0.25) is 0 Å². The van der Waals surface area contributed by atoms with Crippen LogP contribution in [-0.4, -0.2) is 48.6 Å². The largest absolute Gasteiger partial charge is 0.395 e. The normalized spacial score (nSPS) is 16.8. The molecular formula is C24H26FN5O4S. The summed E-state index contributed by atoms with van der Waals surface area (Å²) in [4.78, 5) is 18.4. The van der Waals surface area contributed by atoms with Crippen LogP contribution in [0, 0.1) is 12.7 Å². The summed E-state index contributed by atoms with van der Waals surface area (Å²) in [7, 11) is -3.50. The fourth-order valence-electron chi connectivity index (χ4n) is 4.24. The van der Waals surface area contributed by atoms with Gasteiger partial charge in [0.05, 0.1) is 30.0 Å². The SMILES string of the molecule is Cc1nc(N)nc2c1C(=NOCCCOS(C)(=O)=O)CC(c1ccc(F)cc1-c1cccnc1)C2. The first kappa shape index (κ1) is 24.7. The highest BCUT2D eigenvalue weighted by Crippen LogP contribution is 2.38. The lowest BCUT2D eigenvalue weighted by Crippen LogP contribution is -2.24. The van der Waals surface area contributed by atoms with Crippen molar-refractivity contribution in [2.24, 2.45) is 5.16 Å². The van der Waals surface area contributed by atoms with Crippen LogP contribution in [0.25, 0.3) is 11.1 Å². The molecule has 0 saturated carbocycles. The Kier molecular flexibility index (Phi) is 7.37. The molecule has 0 bridgehead atoms. The lowest BCUT2D eigenvalue weighted by Gasteiger charge is -2.28. The molecule has 0 aliphatic heterocycles. The molecule has 4 rings (SSSR count). The number of rotatable bonds is 8. The van der Waals surface area contributed by atoms with Gasteiger partial charge in [0.25, 0.3) is 10.1 Å². The Hall–Kier alpha value is -3.44. The summed E-state index contributed by atoms with van der Waals surface area (Å²) >= 11 is 0. The molecule has 0 spiro atoms. The molecule has 3 aromatic rings. The van der Waals surface area contributed by atoms with Crippen molar-refractivity contribution in [3.05, 3.63) is 71.1 Å². The minimum atomic E-state index is -3.50. The Morgan fingerprint density at radius 3 is 2.77 bits per heavy atom. The molecule has 1 atom stereocenters. The van der Waals surface area contributed by atoms with E-state index in [0.29, 0.717) is 30.7 Å². The van der Waals surface area contributed by atoms with E-state index in [1.165, 1.54) is 12.1 Å². The summed E-state index contributed by atoms with van der Waals surface area (Å²) in [5.74, 6) is -0.227. The number of hydrogen-bond acceptors (Lipinski definition) is 9. The first-order chi connectivity index (χ1) is 16.7. The Bertz CT molecular complexity index is 1350. The zero-order valence-electron chi connectivity index (χ0n) is 19.4. The molecule has 1 aromatic carbocycles. The molecule has 0 amide bonds. The molecule has 2 heterocycles. The minimum absolute atomic E-state index is 0.00558. The standard InChI is InChI=1S/C24H26FN5O4S/c1-15-23-21(29-24(26)28-15)11-17(12-22(23)30-33-9-4-10-34-35(2,31)32)19-7-6-18(25)13-20(19)16-5-3-8-27-14-16/h3,5-8,13-14,17H,4,9-12H2,1-2H3,(H2,26,28,29). The zero-order chi connectivity index (χ0) is 25.0. The van der Waals surface area contributed by atoms with Gasteiger partial charge in [-0.25, -0.2) is 14.4 Å². The molecule has 1 aliphatic rings. The van der Waals surface area contributed by atoms with Crippen molar-refractivity contribution in [2.45, 2.75) is 32.1 Å². The van der Waals surface area contributed by atoms with Gasteiger partial charge in [-0.3, -0.25) is 9.17 Å². The van der Waals surface area contributed by atoms with Crippen LogP contribution in [-0.2, 0) is 25.6 Å². The number of fused-ring (bicyclic) bond motifs is 1. The van der Waals surface area contributed by atoms with Crippen molar-refractivity contribution < 1.29 is 21.8 Å². The van der Waals surface area contributed by atoms with Gasteiger partial charge >= 0.3 is 0 Å². The second-order valence-electron chi connectivity index (χ2n) is 8.32. The molecule has 2 aromatic heterocycles. The highest BCUT2D eigenvalue weighted by atomic mass is 32.2. The molecular weight excluding hydrogens is 473 g/mol. The predicted octanol–water partition coefficient (Wildman–Crippen LogP) is 3.39. The second kappa shape index (κ2) is 10.4. The van der Waals surface area contributed by atoms with E-state index in [2.05, 4.69) is 20.1 Å². The molecule has 0 saturated heterocycles. The molecule has 1 unspecified atom stereocenters. The van der Waals surface area contributed by atoms with Gasteiger partial charge < -0.3 is 10.6 Å². The Labute approximate surface area is 203 Å². The van der Waals surface area contributed by atoms with Crippen LogP contribution < -0.4 is 5.73 Å². The number of oxime groups is 1. The van der Waals surface area contributed by atoms with Crippen LogP contribution in [0.5, 0.6) is 0 Å². The molecule has 35 heavy (non-hydrogen) atoms. The molecule has 0 fully saturated rings. The first-order valence-corrected chi connectivity index (χ1v) is 12.9. The third kappa shape index (κ3) is 6.17. The second-order valence-corrected chi connectivity index (χ2v) is 9.96. The van der Waals surface area contributed by atoms with Gasteiger partial charge in [0, 0.05) is 36.4 Å². The van der Waals surface area contributed by atoms with Gasteiger partial charge in [0.2, 0.25) is 5.95 Å². The number of aryl methyl sites for hydroxylation is 1. The van der Waals surface area contributed by atoms with E-state index in [1.807, 2.05) is 19.1 Å². The average Bonchev–Trinajstić information content (AvgIpc) is 2.80. The minimum Gasteiger partial charge on any atom is -0.395 e. The summed E-state index contributed by atoms with van der Waals surface area (Å²) in [6.07, 6.45) is 5.81. The van der Waals surface area contributed by atoms with E-state index in [0.717, 1.165) is 34.2 Å². The van der Waals surface area contributed by atoms with Crippen molar-refractivity contribution in [3.63, 3.8) is 0 Å². The Morgan fingerprint density at radius 2 is 2.03 bits per heavy atom. The van der Waals surface area contributed by atoms with Gasteiger partial charge in [-0.2, -0.15) is 8.42 Å². The van der Waals surface area contributed by atoms with Crippen LogP contribution in [0.15, 0.2) is 47.9 Å². The third-order valence-electron chi connectivity index (χ3n) is 5.63. The lowest BCUT2D eigenvalue weighted by atomic mass is 9.78. The predicted molar refractivity (Wildman–Crippen MR) is 130 cm³/mol. The molecule has 11 heteroatoms. The molecule has 1 aliphatic carbocycles. The van der Waals surface area contributed by atoms with E-state index < -0.39 is 10.1 Å². The highest BCUT2D eigenvalue weighted by molar-refractivity contribution is 7.85. The fraction of sp³-hybridized carbons (Fsp3) is 0.333. The van der Waals surface area contributed by atoms with Gasteiger partial charge in [-0.15, -0.1) is 0 Å². The average molecular weight is 500 g/mol. The van der Waals surface area contributed by atoms with E-state index in [1.54, 1.807) is 18.5 Å². The Morgan fingerprint density at radius 1 is 1.20 bits per heavy atom. The number of nitrogens with two attached hydrogens (primary N) is 1. The van der Waals surface area contributed by atoms with E-state index in [-0.39, 0.29) is 30.9 Å². The maximum Gasteiger partial charge on any atom is 0.264 e. The molecule has 184 valence electrons. The third-order valence-corrected chi connectivity index (χ3v) is 6.22. The topological polar surface area (TPSA) is 130 Å². The van der Waals surface area contributed by atoms with Crippen molar-refractivity contribution >= 4 is 21.8 Å². The first-order valence-electron chi connectivity index (χ1n) is 11.1. The lowest BCUT2D eigenvalue weighted by molar-refractivity contribution is 0.128.